The predicted molar refractivity (Wildman–Crippen MR) is 149 cm³/mol. The van der Waals surface area contributed by atoms with Crippen LogP contribution in [0, 0.1) is 0 Å². The third kappa shape index (κ3) is 11.5. The van der Waals surface area contributed by atoms with Crippen LogP contribution in [0.5, 0.6) is 0 Å². The second-order valence-electron chi connectivity index (χ2n) is 9.24. The Balaban J connectivity index is 0.00000342. The number of nitrogens with one attached hydrogen (secondary N) is 2. The number of amides is 3. The third-order valence-electron chi connectivity index (χ3n) is 6.61. The normalized spacial score (nSPS) is 17.0. The summed E-state index contributed by atoms with van der Waals surface area (Å²) in [6.07, 6.45) is 5.88. The molecule has 210 valence electrons. The first kappa shape index (κ1) is 33.0. The number of para-hydroxylation sites is 1. The monoisotopic (exact) mass is 560 g/mol. The zero-order valence-corrected chi connectivity index (χ0v) is 23.4. The fraction of sp³-hybridized carbons (Fsp3) is 0.654. The molecule has 2 N–H and O–H groups in total. The maximum absolute atomic E-state index is 13.0. The van der Waals surface area contributed by atoms with E-state index in [-0.39, 0.29) is 42.7 Å². The Morgan fingerprint density at radius 1 is 1.00 bits per heavy atom. The van der Waals surface area contributed by atoms with E-state index in [1.807, 2.05) is 24.3 Å². The minimum Gasteiger partial charge on any atom is -0.453 e. The number of unbranched alkanes of at least 4 members (excludes halogenated alkanes) is 4. The number of nitrogens with zero attached hydrogens (tertiary/aromatic N) is 2. The lowest BCUT2D eigenvalue weighted by Gasteiger charge is -2.34. The smallest absolute Gasteiger partial charge is 0.407 e. The molecule has 1 atom stereocenters. The molecule has 2 heterocycles. The zero-order valence-electron chi connectivity index (χ0n) is 21.7. The highest BCUT2D eigenvalue weighted by Gasteiger charge is 2.29. The topological polar surface area (TPSA) is 100 Å². The average molecular weight is 562 g/mol. The molecule has 1 saturated heterocycles. The fourth-order valence-electron chi connectivity index (χ4n) is 4.65. The van der Waals surface area contributed by atoms with Gasteiger partial charge in [-0.1, -0.05) is 37.5 Å². The summed E-state index contributed by atoms with van der Waals surface area (Å²) in [6, 6.07) is 7.69. The van der Waals surface area contributed by atoms with Crippen LogP contribution in [0.25, 0.3) is 0 Å². The van der Waals surface area contributed by atoms with E-state index in [2.05, 4.69) is 15.5 Å². The number of carbonyl (C=O) groups is 3. The quantitative estimate of drug-likeness (QED) is 0.380. The van der Waals surface area contributed by atoms with Crippen molar-refractivity contribution in [3.05, 3.63) is 29.8 Å². The van der Waals surface area contributed by atoms with Gasteiger partial charge in [0.05, 0.1) is 26.4 Å². The first-order chi connectivity index (χ1) is 17.1. The molecule has 11 heteroatoms. The lowest BCUT2D eigenvalue weighted by atomic mass is 9.97. The standard InChI is InChI=1S/C26H40N4O5.2ClH/c1-34-26(33)28-22-19-21-9-7-8-10-23(21)30(20-22)25(32)12-6-4-2-3-5-11-24(31)27-13-14-29-15-17-35-18-16-29;;/h7-10,22H,2-6,11-20H2,1H3,(H,27,31)(H,28,33);2*1H/t22-;;/m0../s1. The Bertz CT molecular complexity index is 839. The molecular formula is C26H42Cl2N4O5. The average Bonchev–Trinajstić information content (AvgIpc) is 2.88. The summed E-state index contributed by atoms with van der Waals surface area (Å²) in [5.74, 6) is 0.195. The van der Waals surface area contributed by atoms with Gasteiger partial charge in [0.15, 0.2) is 0 Å². The van der Waals surface area contributed by atoms with Crippen LogP contribution in [-0.2, 0) is 25.5 Å². The van der Waals surface area contributed by atoms with Crippen LogP contribution >= 0.6 is 24.8 Å². The highest BCUT2D eigenvalue weighted by molar-refractivity contribution is 5.94. The number of morpholine rings is 1. The number of fused-ring (bicyclic) bond motifs is 1. The van der Waals surface area contributed by atoms with E-state index in [1.54, 1.807) is 4.90 Å². The van der Waals surface area contributed by atoms with Gasteiger partial charge in [0, 0.05) is 51.3 Å². The number of methoxy groups -OCH3 is 1. The fourth-order valence-corrected chi connectivity index (χ4v) is 4.65. The summed E-state index contributed by atoms with van der Waals surface area (Å²) < 4.78 is 10.1. The van der Waals surface area contributed by atoms with Crippen LogP contribution in [0.1, 0.15) is 50.5 Å². The number of hydrogen-bond donors (Lipinski definition) is 2. The van der Waals surface area contributed by atoms with Crippen LogP contribution in [0.3, 0.4) is 0 Å². The maximum atomic E-state index is 13.0. The first-order valence-corrected chi connectivity index (χ1v) is 12.9. The molecule has 1 fully saturated rings. The molecule has 0 spiro atoms. The van der Waals surface area contributed by atoms with Gasteiger partial charge in [-0.05, 0) is 30.9 Å². The highest BCUT2D eigenvalue weighted by atomic mass is 35.5. The number of ether oxygens (including phenoxy) is 2. The molecule has 0 aliphatic carbocycles. The minimum absolute atomic E-state index is 0. The van der Waals surface area contributed by atoms with Gasteiger partial charge in [-0.15, -0.1) is 24.8 Å². The van der Waals surface area contributed by atoms with E-state index in [1.165, 1.54) is 7.11 Å². The van der Waals surface area contributed by atoms with Crippen molar-refractivity contribution in [3.8, 4) is 0 Å². The van der Waals surface area contributed by atoms with Crippen LogP contribution in [0.2, 0.25) is 0 Å². The van der Waals surface area contributed by atoms with E-state index >= 15 is 0 Å². The molecular weight excluding hydrogens is 519 g/mol. The van der Waals surface area contributed by atoms with Gasteiger partial charge in [0.1, 0.15) is 0 Å². The molecule has 3 amide bonds. The van der Waals surface area contributed by atoms with Crippen molar-refractivity contribution >= 4 is 48.4 Å². The van der Waals surface area contributed by atoms with E-state index in [9.17, 15) is 14.4 Å². The van der Waals surface area contributed by atoms with Gasteiger partial charge < -0.3 is 25.0 Å². The van der Waals surface area contributed by atoms with Gasteiger partial charge in [-0.3, -0.25) is 14.5 Å². The van der Waals surface area contributed by atoms with Crippen LogP contribution < -0.4 is 15.5 Å². The van der Waals surface area contributed by atoms with Crippen molar-refractivity contribution < 1.29 is 23.9 Å². The summed E-state index contributed by atoms with van der Waals surface area (Å²) in [5.41, 5.74) is 1.98. The predicted octanol–water partition coefficient (Wildman–Crippen LogP) is 3.32. The molecule has 0 saturated carbocycles. The Morgan fingerprint density at radius 3 is 2.41 bits per heavy atom. The highest BCUT2D eigenvalue weighted by Crippen LogP contribution is 2.28. The summed E-state index contributed by atoms with van der Waals surface area (Å²) in [6.45, 7) is 5.45. The molecule has 1 aromatic carbocycles. The summed E-state index contributed by atoms with van der Waals surface area (Å²) >= 11 is 0. The number of halogens is 2. The summed E-state index contributed by atoms with van der Waals surface area (Å²) in [4.78, 5) is 40.7. The zero-order chi connectivity index (χ0) is 24.9. The molecule has 0 bridgehead atoms. The molecule has 9 nitrogen and oxygen atoms in total. The number of benzene rings is 1. The van der Waals surface area contributed by atoms with Gasteiger partial charge in [0.2, 0.25) is 11.8 Å². The van der Waals surface area contributed by atoms with Crippen LogP contribution in [0.4, 0.5) is 10.5 Å². The third-order valence-corrected chi connectivity index (χ3v) is 6.61. The molecule has 0 unspecified atom stereocenters. The second-order valence-corrected chi connectivity index (χ2v) is 9.24. The lowest BCUT2D eigenvalue weighted by molar-refractivity contribution is -0.121. The van der Waals surface area contributed by atoms with Crippen molar-refractivity contribution in [3.63, 3.8) is 0 Å². The van der Waals surface area contributed by atoms with Crippen molar-refractivity contribution in [2.75, 3.05) is 57.9 Å². The second kappa shape index (κ2) is 18.2. The SMILES string of the molecule is COC(=O)N[C@H]1Cc2ccccc2N(C(=O)CCCCCCCC(=O)NCCN2CCOCC2)C1.Cl.Cl. The minimum atomic E-state index is -0.479. The number of anilines is 1. The molecule has 2 aliphatic rings. The molecule has 1 aromatic rings. The van der Waals surface area contributed by atoms with Crippen molar-refractivity contribution in [2.24, 2.45) is 0 Å². The van der Waals surface area contributed by atoms with Crippen molar-refractivity contribution in [1.82, 2.24) is 15.5 Å². The Kier molecular flexibility index (Phi) is 16.2. The maximum Gasteiger partial charge on any atom is 0.407 e. The van der Waals surface area contributed by atoms with E-state index in [0.717, 1.165) is 76.2 Å². The Labute approximate surface area is 232 Å². The number of rotatable bonds is 12. The number of carbonyl (C=O) groups excluding carboxylic acids is 3. The van der Waals surface area contributed by atoms with E-state index in [4.69, 9.17) is 9.47 Å². The van der Waals surface area contributed by atoms with Crippen LogP contribution in [0.15, 0.2) is 24.3 Å². The summed E-state index contributed by atoms with van der Waals surface area (Å²) in [7, 11) is 1.34. The molecule has 2 aliphatic heterocycles. The summed E-state index contributed by atoms with van der Waals surface area (Å²) in [5, 5.41) is 5.83. The Morgan fingerprint density at radius 2 is 1.68 bits per heavy atom. The van der Waals surface area contributed by atoms with E-state index < -0.39 is 6.09 Å². The van der Waals surface area contributed by atoms with Gasteiger partial charge >= 0.3 is 6.09 Å². The van der Waals surface area contributed by atoms with Gasteiger partial charge in [-0.2, -0.15) is 0 Å². The van der Waals surface area contributed by atoms with Crippen molar-refractivity contribution in [2.45, 2.75) is 57.4 Å². The van der Waals surface area contributed by atoms with Crippen LogP contribution in [-0.4, -0.2) is 81.9 Å². The van der Waals surface area contributed by atoms with E-state index in [0.29, 0.717) is 32.4 Å². The Hall–Kier alpha value is -2.07. The lowest BCUT2D eigenvalue weighted by Crippen LogP contribution is -2.50. The van der Waals surface area contributed by atoms with Gasteiger partial charge in [-0.25, -0.2) is 4.79 Å². The first-order valence-electron chi connectivity index (χ1n) is 12.9. The van der Waals surface area contributed by atoms with Gasteiger partial charge in [0.25, 0.3) is 0 Å². The molecule has 0 aromatic heterocycles. The largest absolute Gasteiger partial charge is 0.453 e. The number of alkyl carbamates (subject to hydrolysis) is 1. The molecule has 37 heavy (non-hydrogen) atoms. The van der Waals surface area contributed by atoms with Crippen molar-refractivity contribution in [1.29, 1.82) is 0 Å². The molecule has 3 rings (SSSR count). The molecule has 0 radical (unpaired) electrons. The number of hydrogen-bond acceptors (Lipinski definition) is 6.